The monoisotopic (exact) mass is 444 g/mol. The van der Waals surface area contributed by atoms with Crippen molar-refractivity contribution in [3.63, 3.8) is 0 Å². The molecule has 33 heavy (non-hydrogen) atoms. The third kappa shape index (κ3) is 5.77. The predicted octanol–water partition coefficient (Wildman–Crippen LogP) is 4.30. The minimum Gasteiger partial charge on any atom is -0.399 e. The summed E-state index contributed by atoms with van der Waals surface area (Å²) in [5.74, 6) is 0.616. The fourth-order valence-electron chi connectivity index (χ4n) is 3.73. The Balaban J connectivity index is 1.39. The van der Waals surface area contributed by atoms with Crippen molar-refractivity contribution >= 4 is 11.4 Å². The average molecular weight is 445 g/mol. The number of rotatable bonds is 8. The molecule has 0 N–H and O–H groups in total. The summed E-state index contributed by atoms with van der Waals surface area (Å²) in [6.45, 7) is 4.34. The number of pyridine rings is 2. The number of hydrogen-bond donors (Lipinski definition) is 0. The average Bonchev–Trinajstić information content (AvgIpc) is 2.84. The molecule has 0 bridgehead atoms. The zero-order valence-electron chi connectivity index (χ0n) is 19.3. The minimum absolute atomic E-state index is 0.507. The molecule has 0 radical (unpaired) electrons. The number of oxime groups is 2. The molecule has 0 aliphatic heterocycles. The molecule has 1 aliphatic rings. The van der Waals surface area contributed by atoms with Crippen LogP contribution in [0.5, 0.6) is 0 Å². The minimum atomic E-state index is 0.507. The highest BCUT2D eigenvalue weighted by Crippen LogP contribution is 2.22. The van der Waals surface area contributed by atoms with Crippen LogP contribution in [-0.2, 0) is 22.5 Å². The molecule has 3 aromatic heterocycles. The van der Waals surface area contributed by atoms with E-state index in [4.69, 9.17) is 14.7 Å². The Morgan fingerprint density at radius 1 is 1.06 bits per heavy atom. The molecular formula is C25H28N6O2. The Morgan fingerprint density at radius 2 is 1.94 bits per heavy atom. The van der Waals surface area contributed by atoms with Crippen molar-refractivity contribution in [2.24, 2.45) is 10.3 Å². The van der Waals surface area contributed by atoms with Crippen LogP contribution in [0.15, 0.2) is 52.9 Å². The third-order valence-corrected chi connectivity index (χ3v) is 5.36. The maximum atomic E-state index is 5.67. The lowest BCUT2D eigenvalue weighted by atomic mass is 9.95. The second-order valence-electron chi connectivity index (χ2n) is 7.93. The van der Waals surface area contributed by atoms with Crippen LogP contribution in [0.1, 0.15) is 54.5 Å². The van der Waals surface area contributed by atoms with Gasteiger partial charge >= 0.3 is 0 Å². The number of aryl methyl sites for hydroxylation is 3. The molecule has 8 nitrogen and oxygen atoms in total. The van der Waals surface area contributed by atoms with Crippen LogP contribution in [0.4, 0.5) is 0 Å². The molecule has 8 heteroatoms. The summed E-state index contributed by atoms with van der Waals surface area (Å²) in [4.78, 5) is 29.0. The van der Waals surface area contributed by atoms with E-state index in [2.05, 4.69) is 25.3 Å². The first-order valence-electron chi connectivity index (χ1n) is 11.2. The Labute approximate surface area is 193 Å². The predicted molar refractivity (Wildman–Crippen MR) is 127 cm³/mol. The lowest BCUT2D eigenvalue weighted by molar-refractivity contribution is 0.141. The number of aromatic nitrogens is 4. The second kappa shape index (κ2) is 10.8. The molecule has 1 aliphatic carbocycles. The summed E-state index contributed by atoms with van der Waals surface area (Å²) in [6, 6.07) is 11.8. The van der Waals surface area contributed by atoms with Gasteiger partial charge in [0.25, 0.3) is 0 Å². The van der Waals surface area contributed by atoms with Gasteiger partial charge in [0, 0.05) is 17.6 Å². The summed E-state index contributed by atoms with van der Waals surface area (Å²) in [5.41, 5.74) is 7.11. The summed E-state index contributed by atoms with van der Waals surface area (Å²) < 4.78 is 0. The van der Waals surface area contributed by atoms with Crippen molar-refractivity contribution in [1.82, 2.24) is 19.9 Å². The van der Waals surface area contributed by atoms with Crippen molar-refractivity contribution in [2.45, 2.75) is 46.0 Å². The fourth-order valence-corrected chi connectivity index (χ4v) is 3.73. The number of fused-ring (bicyclic) bond motifs is 1. The van der Waals surface area contributed by atoms with Gasteiger partial charge in [0.1, 0.15) is 30.8 Å². The number of hydrogen-bond acceptors (Lipinski definition) is 8. The first-order valence-corrected chi connectivity index (χ1v) is 11.2. The lowest BCUT2D eigenvalue weighted by Gasteiger charge is -2.16. The van der Waals surface area contributed by atoms with Crippen LogP contribution >= 0.6 is 0 Å². The first-order chi connectivity index (χ1) is 16.1. The molecule has 0 saturated heterocycles. The molecule has 0 fully saturated rings. The van der Waals surface area contributed by atoms with Crippen molar-refractivity contribution in [2.75, 3.05) is 13.7 Å². The summed E-state index contributed by atoms with van der Waals surface area (Å²) in [7, 11) is 1.53. The largest absolute Gasteiger partial charge is 0.399 e. The van der Waals surface area contributed by atoms with E-state index in [9.17, 15) is 0 Å². The van der Waals surface area contributed by atoms with Crippen molar-refractivity contribution in [3.8, 4) is 11.5 Å². The summed E-state index contributed by atoms with van der Waals surface area (Å²) in [6.07, 6.45) is 6.29. The topological polar surface area (TPSA) is 94.7 Å². The second-order valence-corrected chi connectivity index (χ2v) is 7.93. The zero-order valence-corrected chi connectivity index (χ0v) is 19.3. The highest BCUT2D eigenvalue weighted by Gasteiger charge is 2.20. The van der Waals surface area contributed by atoms with Crippen molar-refractivity contribution in [1.29, 1.82) is 0 Å². The Morgan fingerprint density at radius 3 is 2.79 bits per heavy atom. The molecule has 170 valence electrons. The Kier molecular flexibility index (Phi) is 7.34. The normalized spacial score (nSPS) is 14.8. The zero-order chi connectivity index (χ0) is 23.0. The summed E-state index contributed by atoms with van der Waals surface area (Å²) >= 11 is 0. The quantitative estimate of drug-likeness (QED) is 0.292. The smallest absolute Gasteiger partial charge is 0.178 e. The van der Waals surface area contributed by atoms with Gasteiger partial charge < -0.3 is 9.68 Å². The highest BCUT2D eigenvalue weighted by atomic mass is 16.6. The van der Waals surface area contributed by atoms with E-state index >= 15 is 0 Å². The van der Waals surface area contributed by atoms with Crippen molar-refractivity contribution in [3.05, 3.63) is 70.9 Å². The van der Waals surface area contributed by atoms with Gasteiger partial charge in [0.15, 0.2) is 5.82 Å². The third-order valence-electron chi connectivity index (χ3n) is 5.36. The molecule has 0 spiro atoms. The van der Waals surface area contributed by atoms with E-state index in [1.165, 1.54) is 7.11 Å². The van der Waals surface area contributed by atoms with E-state index in [0.717, 1.165) is 77.6 Å². The molecular weight excluding hydrogens is 416 g/mol. The SMILES string of the molecule is CON=C(C)c1cccc(CCCON=C2CCCc3cnc(-c4cccc(C)n4)nc32)n1. The van der Waals surface area contributed by atoms with Crippen LogP contribution < -0.4 is 0 Å². The Hall–Kier alpha value is -3.68. The van der Waals surface area contributed by atoms with Crippen LogP contribution in [0.2, 0.25) is 0 Å². The molecule has 4 rings (SSSR count). The van der Waals surface area contributed by atoms with E-state index in [-0.39, 0.29) is 0 Å². The molecule has 0 amide bonds. The van der Waals surface area contributed by atoms with E-state index in [1.807, 2.05) is 56.4 Å². The molecule has 3 heterocycles. The molecule has 3 aromatic rings. The van der Waals surface area contributed by atoms with Crippen LogP contribution in [0.25, 0.3) is 11.5 Å². The van der Waals surface area contributed by atoms with Gasteiger partial charge in [-0.15, -0.1) is 0 Å². The first kappa shape index (κ1) is 22.5. The van der Waals surface area contributed by atoms with Gasteiger partial charge in [-0.25, -0.2) is 15.0 Å². The van der Waals surface area contributed by atoms with Gasteiger partial charge in [-0.3, -0.25) is 4.98 Å². The van der Waals surface area contributed by atoms with E-state index in [1.54, 1.807) is 0 Å². The lowest BCUT2D eigenvalue weighted by Crippen LogP contribution is -2.16. The van der Waals surface area contributed by atoms with Crippen molar-refractivity contribution < 1.29 is 9.68 Å². The van der Waals surface area contributed by atoms with Crippen LogP contribution in [0.3, 0.4) is 0 Å². The Bertz CT molecular complexity index is 1180. The highest BCUT2D eigenvalue weighted by molar-refractivity contribution is 6.00. The maximum absolute atomic E-state index is 5.67. The van der Waals surface area contributed by atoms with Gasteiger partial charge in [-0.2, -0.15) is 0 Å². The van der Waals surface area contributed by atoms with Crippen LogP contribution in [0, 0.1) is 6.92 Å². The molecule has 0 atom stereocenters. The van der Waals surface area contributed by atoms with Gasteiger partial charge in [-0.05, 0) is 75.8 Å². The van der Waals surface area contributed by atoms with Crippen LogP contribution in [-0.4, -0.2) is 45.1 Å². The molecule has 0 saturated carbocycles. The summed E-state index contributed by atoms with van der Waals surface area (Å²) in [5, 5.41) is 8.37. The van der Waals surface area contributed by atoms with E-state index < -0.39 is 0 Å². The molecule has 0 unspecified atom stereocenters. The van der Waals surface area contributed by atoms with Gasteiger partial charge in [-0.1, -0.05) is 22.4 Å². The van der Waals surface area contributed by atoms with Gasteiger partial charge in [0.05, 0.1) is 11.4 Å². The van der Waals surface area contributed by atoms with E-state index in [0.29, 0.717) is 12.4 Å². The van der Waals surface area contributed by atoms with Gasteiger partial charge in [0.2, 0.25) is 0 Å². The molecule has 0 aromatic carbocycles. The number of nitrogens with zero attached hydrogens (tertiary/aromatic N) is 6. The standard InChI is InChI=1S/C25H28N6O2/c1-17-8-4-14-23(27-17)25-26-16-19-9-5-13-22(24(19)29-25)31-33-15-7-11-20-10-6-12-21(28-20)18(2)30-32-3/h4,6,8,10,12,14,16H,5,7,9,11,13,15H2,1-3H3. The maximum Gasteiger partial charge on any atom is 0.178 e. The fraction of sp³-hybridized carbons (Fsp3) is 0.360.